The van der Waals surface area contributed by atoms with E-state index in [2.05, 4.69) is 4.99 Å². The van der Waals surface area contributed by atoms with Gasteiger partial charge in [-0.1, -0.05) is 25.3 Å². The largest absolute Gasteiger partial charge is 0.492 e. The molecule has 0 aliphatic heterocycles. The zero-order chi connectivity index (χ0) is 15.4. The molecule has 1 saturated carbocycles. The molecule has 1 heterocycles. The van der Waals surface area contributed by atoms with Crippen LogP contribution in [0.1, 0.15) is 37.7 Å². The van der Waals surface area contributed by atoms with E-state index in [-0.39, 0.29) is 5.43 Å². The van der Waals surface area contributed by atoms with Gasteiger partial charge in [-0.3, -0.25) is 9.79 Å². The Morgan fingerprint density at radius 2 is 2.14 bits per heavy atom. The second-order valence-electron chi connectivity index (χ2n) is 5.85. The molecule has 0 bridgehead atoms. The molecule has 1 aliphatic rings. The van der Waals surface area contributed by atoms with E-state index in [9.17, 15) is 4.79 Å². The lowest BCUT2D eigenvalue weighted by atomic mass is 9.90. The monoisotopic (exact) mass is 299 g/mol. The van der Waals surface area contributed by atoms with Gasteiger partial charge in [-0.25, -0.2) is 0 Å². The van der Waals surface area contributed by atoms with Crippen molar-refractivity contribution in [2.24, 2.45) is 10.9 Å². The Kier molecular flexibility index (Phi) is 4.56. The fourth-order valence-electron chi connectivity index (χ4n) is 3.07. The van der Waals surface area contributed by atoms with Crippen LogP contribution in [-0.2, 0) is 0 Å². The second-order valence-corrected chi connectivity index (χ2v) is 5.85. The van der Waals surface area contributed by atoms with Gasteiger partial charge < -0.3 is 9.15 Å². The maximum absolute atomic E-state index is 12.6. The summed E-state index contributed by atoms with van der Waals surface area (Å²) in [7, 11) is 1.63. The van der Waals surface area contributed by atoms with Gasteiger partial charge in [0, 0.05) is 13.3 Å². The Balaban J connectivity index is 1.91. The van der Waals surface area contributed by atoms with Crippen LogP contribution in [0.3, 0.4) is 0 Å². The van der Waals surface area contributed by atoms with E-state index in [1.165, 1.54) is 44.6 Å². The van der Waals surface area contributed by atoms with Gasteiger partial charge in [0.15, 0.2) is 0 Å². The smallest absolute Gasteiger partial charge is 0.205 e. The molecule has 116 valence electrons. The quantitative estimate of drug-likeness (QED) is 0.807. The summed E-state index contributed by atoms with van der Waals surface area (Å²) in [5, 5.41) is 0.510. The maximum Gasteiger partial charge on any atom is 0.205 e. The Morgan fingerprint density at radius 3 is 2.91 bits per heavy atom. The van der Waals surface area contributed by atoms with Crippen molar-refractivity contribution < 1.29 is 9.15 Å². The third kappa shape index (κ3) is 3.06. The van der Waals surface area contributed by atoms with Crippen LogP contribution in [0.25, 0.3) is 11.0 Å². The summed E-state index contributed by atoms with van der Waals surface area (Å²) in [5.41, 5.74) is 0.911. The van der Waals surface area contributed by atoms with Crippen molar-refractivity contribution in [3.63, 3.8) is 0 Å². The van der Waals surface area contributed by atoms with Gasteiger partial charge in [0.1, 0.15) is 23.0 Å². The molecule has 0 radical (unpaired) electrons. The first kappa shape index (κ1) is 14.8. The standard InChI is InChI=1S/C18H21NO3/c1-19-10-14-12-22-16-9-5-8-15(17(16)18(14)20)21-11-13-6-3-2-4-7-13/h5,8-10,12-13H,2-4,6-7,11H2,1H3. The summed E-state index contributed by atoms with van der Waals surface area (Å²) in [6, 6.07) is 5.49. The second kappa shape index (κ2) is 6.77. The summed E-state index contributed by atoms with van der Waals surface area (Å²) in [4.78, 5) is 16.5. The average molecular weight is 299 g/mol. The van der Waals surface area contributed by atoms with Crippen LogP contribution in [0.2, 0.25) is 0 Å². The number of aliphatic imine (C=N–C) groups is 1. The Labute approximate surface area is 129 Å². The number of hydrogen-bond donors (Lipinski definition) is 0. The zero-order valence-corrected chi connectivity index (χ0v) is 12.9. The van der Waals surface area contributed by atoms with Crippen LogP contribution in [0.5, 0.6) is 5.75 Å². The number of fused-ring (bicyclic) bond motifs is 1. The maximum atomic E-state index is 12.6. The Morgan fingerprint density at radius 1 is 1.32 bits per heavy atom. The van der Waals surface area contributed by atoms with Crippen molar-refractivity contribution in [2.45, 2.75) is 32.1 Å². The summed E-state index contributed by atoms with van der Waals surface area (Å²) in [6.07, 6.45) is 9.28. The Hall–Kier alpha value is -2.10. The van der Waals surface area contributed by atoms with Crippen molar-refractivity contribution >= 4 is 17.2 Å². The summed E-state index contributed by atoms with van der Waals surface area (Å²) >= 11 is 0. The lowest BCUT2D eigenvalue weighted by Crippen LogP contribution is -2.16. The highest BCUT2D eigenvalue weighted by Crippen LogP contribution is 2.27. The van der Waals surface area contributed by atoms with Crippen molar-refractivity contribution in [3.8, 4) is 5.75 Å². The molecule has 0 spiro atoms. The molecule has 3 rings (SSSR count). The number of hydrogen-bond acceptors (Lipinski definition) is 4. The minimum atomic E-state index is -0.0916. The SMILES string of the molecule is CN=Cc1coc2cccc(OCC3CCCCC3)c2c1=O. The minimum absolute atomic E-state index is 0.0916. The van der Waals surface area contributed by atoms with Crippen LogP contribution >= 0.6 is 0 Å². The summed E-state index contributed by atoms with van der Waals surface area (Å²) in [5.74, 6) is 1.21. The number of nitrogens with zero attached hydrogens (tertiary/aromatic N) is 1. The van der Waals surface area contributed by atoms with Crippen molar-refractivity contribution in [1.82, 2.24) is 0 Å². The molecule has 1 aliphatic carbocycles. The fraction of sp³-hybridized carbons (Fsp3) is 0.444. The van der Waals surface area contributed by atoms with Crippen LogP contribution in [0.15, 0.2) is 38.7 Å². The normalized spacial score (nSPS) is 16.4. The van der Waals surface area contributed by atoms with E-state index in [0.29, 0.717) is 34.8 Å². The van der Waals surface area contributed by atoms with E-state index in [1.807, 2.05) is 12.1 Å². The molecular weight excluding hydrogens is 278 g/mol. The van der Waals surface area contributed by atoms with E-state index >= 15 is 0 Å². The lowest BCUT2D eigenvalue weighted by molar-refractivity contribution is 0.210. The predicted octanol–water partition coefficient (Wildman–Crippen LogP) is 3.80. The van der Waals surface area contributed by atoms with E-state index in [1.54, 1.807) is 13.1 Å². The van der Waals surface area contributed by atoms with Gasteiger partial charge in [-0.2, -0.15) is 0 Å². The van der Waals surface area contributed by atoms with Crippen LogP contribution in [-0.4, -0.2) is 19.9 Å². The first-order chi connectivity index (χ1) is 10.8. The predicted molar refractivity (Wildman–Crippen MR) is 88.1 cm³/mol. The highest BCUT2D eigenvalue weighted by molar-refractivity contribution is 5.89. The molecule has 22 heavy (non-hydrogen) atoms. The van der Waals surface area contributed by atoms with E-state index in [0.717, 1.165) is 0 Å². The lowest BCUT2D eigenvalue weighted by Gasteiger charge is -2.21. The molecule has 1 aromatic carbocycles. The van der Waals surface area contributed by atoms with Gasteiger partial charge >= 0.3 is 0 Å². The van der Waals surface area contributed by atoms with Gasteiger partial charge in [0.25, 0.3) is 0 Å². The highest BCUT2D eigenvalue weighted by Gasteiger charge is 2.16. The van der Waals surface area contributed by atoms with Crippen molar-refractivity contribution in [1.29, 1.82) is 0 Å². The third-order valence-electron chi connectivity index (χ3n) is 4.26. The molecule has 0 unspecified atom stereocenters. The van der Waals surface area contributed by atoms with Crippen molar-refractivity contribution in [3.05, 3.63) is 40.2 Å². The molecule has 1 aromatic heterocycles. The van der Waals surface area contributed by atoms with Gasteiger partial charge in [-0.15, -0.1) is 0 Å². The minimum Gasteiger partial charge on any atom is -0.492 e. The van der Waals surface area contributed by atoms with Gasteiger partial charge in [0.05, 0.1) is 12.2 Å². The van der Waals surface area contributed by atoms with Crippen LogP contribution in [0.4, 0.5) is 0 Å². The molecule has 0 N–H and O–H groups in total. The first-order valence-electron chi connectivity index (χ1n) is 7.89. The van der Waals surface area contributed by atoms with Gasteiger partial charge in [0.2, 0.25) is 5.43 Å². The first-order valence-corrected chi connectivity index (χ1v) is 7.89. The third-order valence-corrected chi connectivity index (χ3v) is 4.26. The summed E-state index contributed by atoms with van der Waals surface area (Å²) < 4.78 is 11.5. The highest BCUT2D eigenvalue weighted by atomic mass is 16.5. The molecular formula is C18H21NO3. The number of benzene rings is 1. The molecule has 1 fully saturated rings. The van der Waals surface area contributed by atoms with Crippen LogP contribution < -0.4 is 10.2 Å². The van der Waals surface area contributed by atoms with E-state index in [4.69, 9.17) is 9.15 Å². The molecule has 0 amide bonds. The fourth-order valence-corrected chi connectivity index (χ4v) is 3.07. The van der Waals surface area contributed by atoms with Crippen LogP contribution in [0, 0.1) is 5.92 Å². The molecule has 0 saturated heterocycles. The summed E-state index contributed by atoms with van der Waals surface area (Å²) in [6.45, 7) is 0.671. The number of ether oxygens (including phenoxy) is 1. The van der Waals surface area contributed by atoms with Crippen molar-refractivity contribution in [2.75, 3.05) is 13.7 Å². The average Bonchev–Trinajstić information content (AvgIpc) is 2.56. The van der Waals surface area contributed by atoms with E-state index < -0.39 is 0 Å². The topological polar surface area (TPSA) is 51.8 Å². The molecule has 4 heteroatoms. The molecule has 0 atom stereocenters. The van der Waals surface area contributed by atoms with Gasteiger partial charge in [-0.05, 0) is 30.9 Å². The molecule has 2 aromatic rings. The Bertz CT molecular complexity index is 727. The number of rotatable bonds is 4. The molecule has 4 nitrogen and oxygen atoms in total. The zero-order valence-electron chi connectivity index (χ0n) is 12.9.